The summed E-state index contributed by atoms with van der Waals surface area (Å²) in [6, 6.07) is 11.2. The maximum Gasteiger partial charge on any atom is 0.212 e. The molecule has 0 saturated carbocycles. The molecule has 9 rings (SSSR count). The van der Waals surface area contributed by atoms with Gasteiger partial charge in [0.1, 0.15) is 11.6 Å². The Kier molecular flexibility index (Phi) is 66.5. The molecule has 92 heavy (non-hydrogen) atoms. The van der Waals surface area contributed by atoms with Crippen molar-refractivity contribution in [1.82, 2.24) is 20.3 Å². The Morgan fingerprint density at radius 2 is 0.652 bits per heavy atom. The third kappa shape index (κ3) is 48.6. The number of nitrogens with zero attached hydrogens (tertiary/aromatic N) is 5. The van der Waals surface area contributed by atoms with E-state index < -0.39 is 5.95 Å². The van der Waals surface area contributed by atoms with Gasteiger partial charge < -0.3 is 29.3 Å². The summed E-state index contributed by atoms with van der Waals surface area (Å²) in [6.07, 6.45) is 20.6. The van der Waals surface area contributed by atoms with Gasteiger partial charge in [0.2, 0.25) is 5.95 Å². The van der Waals surface area contributed by atoms with Crippen LogP contribution in [0.1, 0.15) is 58.9 Å². The van der Waals surface area contributed by atoms with E-state index in [2.05, 4.69) is 93.3 Å². The highest BCUT2D eigenvalue weighted by Crippen LogP contribution is 2.30. The Morgan fingerprint density at radius 3 is 0.880 bits per heavy atom. The summed E-state index contributed by atoms with van der Waals surface area (Å²) in [7, 11) is 72.9. The lowest BCUT2D eigenvalue weighted by Gasteiger charge is -2.32. The lowest BCUT2D eigenvalue weighted by Crippen LogP contribution is -2.43. The Hall–Kier alpha value is 7.30. The summed E-state index contributed by atoms with van der Waals surface area (Å²) in [6.45, 7) is 6.08. The van der Waals surface area contributed by atoms with Gasteiger partial charge in [-0.3, -0.25) is 0 Å². The average molecular weight is 2280 g/mol. The molecule has 0 aliphatic carbocycles. The molecule has 6 fully saturated rings. The SMILES string of the molecule is C.C.C#Cc1ccc(N2CC3CCC(C2)O3)nc1.C1CC2CNCC1O2.Fc1ccc(I)cn1.Ic1ccc(N2CC3CCC(C2)O3)nc1.S=S=S=S=S=S=S=S=S=S=S=S=S=S=S=S=S=S=S=S=S=S=S=S=S=S=S=S=S=S=S=S=S=S=S=S=S=S=S=S=S=S=S. The average Bonchev–Trinajstić information content (AvgIpc) is 1.79. The van der Waals surface area contributed by atoms with Crippen molar-refractivity contribution < 1.29 is 18.6 Å². The van der Waals surface area contributed by atoms with E-state index in [4.69, 9.17) is 43.0 Å². The molecule has 6 bridgehead atoms. The van der Waals surface area contributed by atoms with Crippen LogP contribution in [-0.4, -0.2) is 90.8 Å². The van der Waals surface area contributed by atoms with Gasteiger partial charge in [0.15, 0.2) is 0 Å². The van der Waals surface area contributed by atoms with E-state index in [1.807, 2.05) is 258 Å². The van der Waals surface area contributed by atoms with Gasteiger partial charge in [-0.2, -0.15) is 4.39 Å². The molecule has 524 valence electrons. The number of aromatic nitrogens is 3. The van der Waals surface area contributed by atoms with E-state index in [9.17, 15) is 4.39 Å². The number of nitrogens with one attached hydrogen (secondary N) is 1. The van der Waals surface area contributed by atoms with Crippen molar-refractivity contribution in [2.24, 2.45) is 0 Å². The number of halogens is 3. The maximum atomic E-state index is 12.0. The highest BCUT2D eigenvalue weighted by Gasteiger charge is 2.35. The summed E-state index contributed by atoms with van der Waals surface area (Å²) < 4.78 is 31.2. The van der Waals surface area contributed by atoms with Crippen LogP contribution in [0.3, 0.4) is 0 Å². The van der Waals surface area contributed by atoms with Crippen molar-refractivity contribution in [1.29, 1.82) is 0 Å². The molecule has 1 N–H and O–H groups in total. The first kappa shape index (κ1) is 93.5. The predicted molar refractivity (Wildman–Crippen MR) is 527 cm³/mol. The molecular formula is C37H49FI2N6O3S43. The third-order valence-corrected chi connectivity index (χ3v) is 100. The van der Waals surface area contributed by atoms with Crippen LogP contribution in [0, 0.1) is 25.4 Å². The van der Waals surface area contributed by atoms with E-state index in [-0.39, 0.29) is 14.9 Å². The minimum atomic E-state index is -0.426. The van der Waals surface area contributed by atoms with Crippen LogP contribution in [0.2, 0.25) is 0 Å². The van der Waals surface area contributed by atoms with E-state index in [0.717, 1.165) is 60.0 Å². The van der Waals surface area contributed by atoms with Crippen molar-refractivity contribution in [3.8, 4) is 12.3 Å². The number of morpholine rings is 3. The van der Waals surface area contributed by atoms with Gasteiger partial charge in [0, 0.05) is 457 Å². The fraction of sp³-hybridized carbons (Fsp3) is 0.541. The number of terminal acetylenes is 1. The zero-order valence-electron chi connectivity index (χ0n) is 43.9. The normalized spacial score (nSPS) is 18.0. The third-order valence-electron chi connectivity index (χ3n) is 10.1. The van der Waals surface area contributed by atoms with Gasteiger partial charge in [0.05, 0.1) is 36.6 Å². The Balaban J connectivity index is 0.000000357. The standard InChI is InChI=1S/C13H14N2O.C11H13IN2O.C6H11NO.C5H3FIN.2CH4.S43/c1-2-10-3-6-13(14-7-10)15-8-11-4-5-12(9-15)16-11;12-8-1-4-11(13-5-8)14-6-9-2-3-10(7-14)15-9;1-2-6-4-7-3-5(1)8-6;6-5-2-1-4(7)3-8-5;;;1-3-5-7-9-11-13-15-17-19-21-23-25-27-29-31-33-35-37-39-41-43-42-40-38-36-34-32-30-28-26-24-22-20-18-16-14-12-10-8-6-4-2/h1,3,6-7,11-12H,4-5,8-9H2;1,4-5,9-10H,2-3,6-7H2;5-7H,1-4H2;1-3H;2*1H4;. The number of hydrogen-bond donors (Lipinski definition) is 1. The molecule has 9 nitrogen and oxygen atoms in total. The van der Waals surface area contributed by atoms with Crippen LogP contribution in [0.15, 0.2) is 55.0 Å². The molecule has 0 spiro atoms. The maximum absolute atomic E-state index is 12.0. The zero-order valence-corrected chi connectivity index (χ0v) is 83.3. The van der Waals surface area contributed by atoms with E-state index in [1.165, 1.54) is 72.1 Å². The second-order valence-electron chi connectivity index (χ2n) is 15.3. The zero-order chi connectivity index (χ0) is 63.6. The molecule has 0 amide bonds. The van der Waals surface area contributed by atoms with Crippen molar-refractivity contribution >= 4 is 443 Å². The van der Waals surface area contributed by atoms with E-state index in [0.29, 0.717) is 36.6 Å². The van der Waals surface area contributed by atoms with Gasteiger partial charge in [-0.25, -0.2) is 15.0 Å². The highest BCUT2D eigenvalue weighted by molar-refractivity contribution is 14.1. The topological polar surface area (TPSA) is 84.9 Å². The number of fused-ring (bicyclic) bond motifs is 6. The molecule has 6 aliphatic rings. The second kappa shape index (κ2) is 65.4. The summed E-state index contributed by atoms with van der Waals surface area (Å²) in [5.41, 5.74) is 0.833. The largest absolute Gasteiger partial charge is 0.372 e. The van der Waals surface area contributed by atoms with Gasteiger partial charge in [-0.05, 0) is 120 Å². The molecule has 6 saturated heterocycles. The van der Waals surface area contributed by atoms with Crippen molar-refractivity contribution in [3.63, 3.8) is 0 Å². The van der Waals surface area contributed by atoms with Gasteiger partial charge in [0.25, 0.3) is 0 Å². The number of hydrogen-bond acceptors (Lipinski definition) is 11. The molecule has 6 atom stereocenters. The van der Waals surface area contributed by atoms with Crippen LogP contribution in [0.5, 0.6) is 0 Å². The molecule has 3 aromatic heterocycles. The number of anilines is 2. The highest BCUT2D eigenvalue weighted by atomic mass is 127. The molecular weight excluding hydrogens is 2230 g/mol. The molecule has 0 radical (unpaired) electrons. The van der Waals surface area contributed by atoms with Gasteiger partial charge in [-0.15, -0.1) is 6.42 Å². The van der Waals surface area contributed by atoms with Crippen LogP contribution in [0.25, 0.3) is 0 Å². The fourth-order valence-corrected chi connectivity index (χ4v) is 115. The number of rotatable bonds is 2. The number of pyridine rings is 3. The number of ether oxygens (including phenoxy) is 3. The lowest BCUT2D eigenvalue weighted by atomic mass is 10.2. The first-order valence-electron chi connectivity index (χ1n) is 23.4. The molecule has 0 aromatic carbocycles. The van der Waals surface area contributed by atoms with Gasteiger partial charge in [-0.1, -0.05) is 20.8 Å². The first-order valence-corrected chi connectivity index (χ1v) is 81.5. The van der Waals surface area contributed by atoms with Crippen molar-refractivity contribution in [2.75, 3.05) is 49.1 Å². The Labute approximate surface area is 692 Å². The summed E-state index contributed by atoms with van der Waals surface area (Å²) >= 11 is 14.0. The Morgan fingerprint density at radius 1 is 0.391 bits per heavy atom. The molecule has 6 aliphatic heterocycles. The van der Waals surface area contributed by atoms with Crippen LogP contribution in [-0.2, 0) is 401 Å². The molecule has 6 unspecified atom stereocenters. The van der Waals surface area contributed by atoms with Crippen LogP contribution >= 0.6 is 45.2 Å². The molecule has 55 heteroatoms. The van der Waals surface area contributed by atoms with Gasteiger partial charge >= 0.3 is 0 Å². The Bertz CT molecular complexity index is 4730. The summed E-state index contributed by atoms with van der Waals surface area (Å²) in [4.78, 5) is 16.9. The van der Waals surface area contributed by atoms with Crippen molar-refractivity contribution in [2.45, 2.75) is 90.0 Å². The smallest absolute Gasteiger partial charge is 0.212 e. The van der Waals surface area contributed by atoms with Crippen LogP contribution in [0.4, 0.5) is 16.0 Å². The fourth-order valence-electron chi connectivity index (χ4n) is 7.10. The summed E-state index contributed by atoms with van der Waals surface area (Å²) in [5, 5.41) is 3.32. The van der Waals surface area contributed by atoms with Crippen molar-refractivity contribution in [3.05, 3.63) is 73.6 Å². The quantitative estimate of drug-likeness (QED) is 0.171. The monoisotopic (exact) mass is 2270 g/mol. The molecule has 3 aromatic rings. The minimum absolute atomic E-state index is 0. The molecule has 9 heterocycles. The van der Waals surface area contributed by atoms with Crippen LogP contribution < -0.4 is 15.1 Å². The summed E-state index contributed by atoms with van der Waals surface area (Å²) in [5.74, 6) is 4.26. The van der Waals surface area contributed by atoms with E-state index in [1.54, 1.807) is 119 Å². The predicted octanol–water partition coefficient (Wildman–Crippen LogP) is 6.62. The second-order valence-corrected chi connectivity index (χ2v) is 90.3. The van der Waals surface area contributed by atoms with E-state index >= 15 is 0 Å². The lowest BCUT2D eigenvalue weighted by molar-refractivity contribution is 0.0184. The minimum Gasteiger partial charge on any atom is -0.372 e. The first-order chi connectivity index (χ1) is 44.3.